The molecular formula is C17H16FN3O4S. The quantitative estimate of drug-likeness (QED) is 0.780. The second-order valence-electron chi connectivity index (χ2n) is 5.65. The maximum atomic E-state index is 13.4. The minimum absolute atomic E-state index is 0.0220. The molecule has 1 unspecified atom stereocenters. The molecule has 0 bridgehead atoms. The van der Waals surface area contributed by atoms with Gasteiger partial charge in [-0.15, -0.1) is 11.3 Å². The van der Waals surface area contributed by atoms with Crippen LogP contribution in [0.5, 0.6) is 0 Å². The van der Waals surface area contributed by atoms with Crippen molar-refractivity contribution in [3.05, 3.63) is 40.7 Å². The summed E-state index contributed by atoms with van der Waals surface area (Å²) in [4.78, 5) is 40.1. The smallest absolute Gasteiger partial charge is 0.311 e. The first-order chi connectivity index (χ1) is 12.5. The highest BCUT2D eigenvalue weighted by molar-refractivity contribution is 7.13. The topological polar surface area (TPSA) is 97.4 Å². The van der Waals surface area contributed by atoms with Gasteiger partial charge in [-0.05, 0) is 24.6 Å². The number of carbonyl (C=O) groups is 3. The Labute approximate surface area is 152 Å². The molecule has 0 radical (unpaired) electrons. The number of esters is 1. The van der Waals surface area contributed by atoms with Crippen LogP contribution in [-0.4, -0.2) is 29.4 Å². The lowest BCUT2D eigenvalue weighted by Crippen LogP contribution is -2.30. The SMILES string of the molecule is CCOC(=O)Cc1csc(NC(=O)C2CC(=O)Nc3cc(F)ccc32)n1. The van der Waals surface area contributed by atoms with E-state index in [0.29, 0.717) is 22.1 Å². The number of aromatic nitrogens is 1. The zero-order chi connectivity index (χ0) is 18.7. The molecule has 0 saturated carbocycles. The van der Waals surface area contributed by atoms with E-state index in [1.165, 1.54) is 29.5 Å². The lowest BCUT2D eigenvalue weighted by molar-refractivity contribution is -0.142. The Kier molecular flexibility index (Phi) is 5.27. The van der Waals surface area contributed by atoms with Gasteiger partial charge >= 0.3 is 5.97 Å². The molecule has 2 aromatic rings. The van der Waals surface area contributed by atoms with E-state index in [0.717, 1.165) is 0 Å². The zero-order valence-corrected chi connectivity index (χ0v) is 14.7. The number of nitrogens with one attached hydrogen (secondary N) is 2. The van der Waals surface area contributed by atoms with Crippen LogP contribution in [0.15, 0.2) is 23.6 Å². The van der Waals surface area contributed by atoms with Gasteiger partial charge in [-0.25, -0.2) is 9.37 Å². The maximum Gasteiger partial charge on any atom is 0.311 e. The van der Waals surface area contributed by atoms with Crippen molar-refractivity contribution in [3.8, 4) is 0 Å². The predicted molar refractivity (Wildman–Crippen MR) is 93.5 cm³/mol. The molecule has 7 nitrogen and oxygen atoms in total. The Balaban J connectivity index is 1.72. The number of ether oxygens (including phenoxy) is 1. The third-order valence-corrected chi connectivity index (χ3v) is 4.59. The summed E-state index contributed by atoms with van der Waals surface area (Å²) in [7, 11) is 0. The third-order valence-electron chi connectivity index (χ3n) is 3.78. The maximum absolute atomic E-state index is 13.4. The second-order valence-corrected chi connectivity index (χ2v) is 6.51. The van der Waals surface area contributed by atoms with Crippen LogP contribution < -0.4 is 10.6 Å². The van der Waals surface area contributed by atoms with E-state index in [1.54, 1.807) is 12.3 Å². The van der Waals surface area contributed by atoms with Gasteiger partial charge in [0, 0.05) is 17.5 Å². The average Bonchev–Trinajstić information content (AvgIpc) is 3.00. The van der Waals surface area contributed by atoms with Crippen molar-refractivity contribution >= 4 is 39.9 Å². The molecule has 2 N–H and O–H groups in total. The number of halogens is 1. The Morgan fingerprint density at radius 2 is 2.27 bits per heavy atom. The molecule has 26 heavy (non-hydrogen) atoms. The van der Waals surface area contributed by atoms with E-state index < -0.39 is 23.6 Å². The van der Waals surface area contributed by atoms with Crippen LogP contribution >= 0.6 is 11.3 Å². The van der Waals surface area contributed by atoms with Gasteiger partial charge in [0.15, 0.2) is 5.13 Å². The summed E-state index contributed by atoms with van der Waals surface area (Å²) < 4.78 is 18.2. The number of fused-ring (bicyclic) bond motifs is 1. The lowest BCUT2D eigenvalue weighted by Gasteiger charge is -2.24. The van der Waals surface area contributed by atoms with Crippen LogP contribution in [0, 0.1) is 5.82 Å². The Morgan fingerprint density at radius 1 is 1.46 bits per heavy atom. The molecule has 9 heteroatoms. The summed E-state index contributed by atoms with van der Waals surface area (Å²) in [5.41, 5.74) is 1.34. The fourth-order valence-electron chi connectivity index (χ4n) is 2.67. The zero-order valence-electron chi connectivity index (χ0n) is 13.9. The summed E-state index contributed by atoms with van der Waals surface area (Å²) in [5.74, 6) is -2.39. The van der Waals surface area contributed by atoms with Crippen molar-refractivity contribution in [2.45, 2.75) is 25.7 Å². The van der Waals surface area contributed by atoms with Gasteiger partial charge in [-0.3, -0.25) is 14.4 Å². The van der Waals surface area contributed by atoms with Crippen LogP contribution in [0.1, 0.15) is 30.5 Å². The van der Waals surface area contributed by atoms with Crippen LogP contribution in [0.3, 0.4) is 0 Å². The molecule has 1 aliphatic heterocycles. The molecular weight excluding hydrogens is 361 g/mol. The van der Waals surface area contributed by atoms with Crippen LogP contribution in [0.4, 0.5) is 15.2 Å². The molecule has 0 aliphatic carbocycles. The molecule has 1 aliphatic rings. The summed E-state index contributed by atoms with van der Waals surface area (Å²) in [5, 5.41) is 7.20. The number of benzene rings is 1. The van der Waals surface area contributed by atoms with Crippen molar-refractivity contribution in [1.29, 1.82) is 0 Å². The first-order valence-electron chi connectivity index (χ1n) is 7.96. The molecule has 0 saturated heterocycles. The molecule has 1 atom stereocenters. The van der Waals surface area contributed by atoms with Gasteiger partial charge in [-0.2, -0.15) is 0 Å². The van der Waals surface area contributed by atoms with E-state index in [4.69, 9.17) is 4.74 Å². The van der Waals surface area contributed by atoms with Crippen LogP contribution in [0.25, 0.3) is 0 Å². The van der Waals surface area contributed by atoms with Gasteiger partial charge in [0.2, 0.25) is 11.8 Å². The molecule has 0 fully saturated rings. The third kappa shape index (κ3) is 4.05. The summed E-state index contributed by atoms with van der Waals surface area (Å²) in [6.45, 7) is 2.00. The number of thiazole rings is 1. The highest BCUT2D eigenvalue weighted by Gasteiger charge is 2.31. The van der Waals surface area contributed by atoms with Gasteiger partial charge in [0.25, 0.3) is 0 Å². The average molecular weight is 377 g/mol. The number of hydrogen-bond acceptors (Lipinski definition) is 6. The van der Waals surface area contributed by atoms with Crippen molar-refractivity contribution in [2.75, 3.05) is 17.2 Å². The lowest BCUT2D eigenvalue weighted by atomic mass is 9.90. The molecule has 2 amide bonds. The van der Waals surface area contributed by atoms with Crippen molar-refractivity contribution < 1.29 is 23.5 Å². The highest BCUT2D eigenvalue weighted by atomic mass is 32.1. The van der Waals surface area contributed by atoms with Gasteiger partial charge < -0.3 is 15.4 Å². The predicted octanol–water partition coefficient (Wildman–Crippen LogP) is 2.45. The number of carbonyl (C=O) groups excluding carboxylic acids is 3. The standard InChI is InChI=1S/C17H16FN3O4S/c1-2-25-15(23)6-10-8-26-17(19-10)21-16(24)12-7-14(22)20-13-5-9(18)3-4-11(12)13/h3-5,8,12H,2,6-7H2,1H3,(H,20,22)(H,19,21,24). The molecule has 2 heterocycles. The first-order valence-corrected chi connectivity index (χ1v) is 8.84. The molecule has 0 spiro atoms. The fourth-order valence-corrected chi connectivity index (χ4v) is 3.38. The molecule has 1 aromatic carbocycles. The van der Waals surface area contributed by atoms with Gasteiger partial charge in [-0.1, -0.05) is 6.07 Å². The minimum Gasteiger partial charge on any atom is -0.466 e. The van der Waals surface area contributed by atoms with Crippen molar-refractivity contribution in [3.63, 3.8) is 0 Å². The monoisotopic (exact) mass is 377 g/mol. The van der Waals surface area contributed by atoms with E-state index in [1.807, 2.05) is 0 Å². The number of amides is 2. The van der Waals surface area contributed by atoms with E-state index in [-0.39, 0.29) is 25.4 Å². The number of hydrogen-bond donors (Lipinski definition) is 2. The summed E-state index contributed by atoms with van der Waals surface area (Å²) >= 11 is 1.18. The largest absolute Gasteiger partial charge is 0.466 e. The molecule has 136 valence electrons. The molecule has 1 aromatic heterocycles. The van der Waals surface area contributed by atoms with Gasteiger partial charge in [0.05, 0.1) is 24.6 Å². The Morgan fingerprint density at radius 3 is 3.04 bits per heavy atom. The van der Waals surface area contributed by atoms with Crippen LogP contribution in [-0.2, 0) is 25.5 Å². The highest BCUT2D eigenvalue weighted by Crippen LogP contribution is 2.33. The Hall–Kier alpha value is -2.81. The fraction of sp³-hybridized carbons (Fsp3) is 0.294. The Bertz CT molecular complexity index is 867. The second kappa shape index (κ2) is 7.61. The van der Waals surface area contributed by atoms with E-state index in [2.05, 4.69) is 15.6 Å². The number of nitrogens with zero attached hydrogens (tertiary/aromatic N) is 1. The normalized spacial score (nSPS) is 15.8. The summed E-state index contributed by atoms with van der Waals surface area (Å²) in [6, 6.07) is 3.92. The van der Waals surface area contributed by atoms with Crippen molar-refractivity contribution in [1.82, 2.24) is 4.98 Å². The van der Waals surface area contributed by atoms with E-state index in [9.17, 15) is 18.8 Å². The van der Waals surface area contributed by atoms with Crippen LogP contribution in [0.2, 0.25) is 0 Å². The number of rotatable bonds is 5. The molecule has 3 rings (SSSR count). The van der Waals surface area contributed by atoms with Gasteiger partial charge in [0.1, 0.15) is 5.82 Å². The van der Waals surface area contributed by atoms with Crippen molar-refractivity contribution in [2.24, 2.45) is 0 Å². The summed E-state index contributed by atoms with van der Waals surface area (Å²) in [6.07, 6.45) is -0.0142. The first kappa shape index (κ1) is 18.0. The number of anilines is 2. The minimum atomic E-state index is -0.739. The van der Waals surface area contributed by atoms with E-state index >= 15 is 0 Å².